The van der Waals surface area contributed by atoms with E-state index >= 15 is 0 Å². The number of nitrogens with one attached hydrogen (secondary N) is 1. The third-order valence-electron chi connectivity index (χ3n) is 3.76. The van der Waals surface area contributed by atoms with E-state index in [9.17, 15) is 9.59 Å². The van der Waals surface area contributed by atoms with Crippen LogP contribution in [0.2, 0.25) is 0 Å². The van der Waals surface area contributed by atoms with Crippen LogP contribution < -0.4 is 5.32 Å². The second kappa shape index (κ2) is 7.68. The summed E-state index contributed by atoms with van der Waals surface area (Å²) in [4.78, 5) is 22.5. The van der Waals surface area contributed by atoms with E-state index in [2.05, 4.69) is 19.2 Å². The fraction of sp³-hybridized carbons (Fsp3) is 0.500. The van der Waals surface area contributed by atoms with E-state index in [-0.39, 0.29) is 18.2 Å². The van der Waals surface area contributed by atoms with Crippen molar-refractivity contribution in [3.63, 3.8) is 0 Å². The Kier molecular flexibility index (Phi) is 6.22. The zero-order valence-electron chi connectivity index (χ0n) is 12.3. The maximum atomic E-state index is 12.0. The molecule has 0 saturated carbocycles. The molecule has 4 heteroatoms. The molecule has 2 N–H and O–H groups in total. The van der Waals surface area contributed by atoms with E-state index in [0.29, 0.717) is 12.3 Å². The molecule has 20 heavy (non-hydrogen) atoms. The molecule has 0 aliphatic rings. The lowest BCUT2D eigenvalue weighted by Gasteiger charge is -2.17. The number of hydrogen-bond acceptors (Lipinski definition) is 2. The van der Waals surface area contributed by atoms with E-state index in [1.54, 1.807) is 0 Å². The summed E-state index contributed by atoms with van der Waals surface area (Å²) in [5.41, 5.74) is 1.71. The molecular weight excluding hydrogens is 254 g/mol. The monoisotopic (exact) mass is 277 g/mol. The summed E-state index contributed by atoms with van der Waals surface area (Å²) >= 11 is 0. The molecule has 1 amide bonds. The number of benzene rings is 1. The Labute approximate surface area is 120 Å². The van der Waals surface area contributed by atoms with Gasteiger partial charge in [0.1, 0.15) is 0 Å². The lowest BCUT2D eigenvalue weighted by molar-refractivity contribution is -0.137. The fourth-order valence-corrected chi connectivity index (χ4v) is 1.87. The Morgan fingerprint density at radius 3 is 2.30 bits per heavy atom. The molecule has 2 unspecified atom stereocenters. The highest BCUT2D eigenvalue weighted by Crippen LogP contribution is 2.18. The van der Waals surface area contributed by atoms with Crippen molar-refractivity contribution in [2.24, 2.45) is 11.8 Å². The van der Waals surface area contributed by atoms with Crippen LogP contribution in [0, 0.1) is 11.8 Å². The largest absolute Gasteiger partial charge is 0.481 e. The molecule has 110 valence electrons. The van der Waals surface area contributed by atoms with Gasteiger partial charge >= 0.3 is 5.97 Å². The molecule has 0 heterocycles. The number of hydrogen-bond donors (Lipinski definition) is 2. The van der Waals surface area contributed by atoms with E-state index in [1.807, 2.05) is 31.2 Å². The number of aliphatic carboxylic acids is 1. The minimum atomic E-state index is -0.801. The van der Waals surface area contributed by atoms with Gasteiger partial charge in [-0.05, 0) is 30.0 Å². The van der Waals surface area contributed by atoms with Gasteiger partial charge in [-0.2, -0.15) is 0 Å². The SMILES string of the molecule is CCC(C)C(C)C(=O)Nc1ccc(CCC(=O)O)cc1. The van der Waals surface area contributed by atoms with Crippen LogP contribution in [0.5, 0.6) is 0 Å². The first-order valence-electron chi connectivity index (χ1n) is 7.05. The number of amides is 1. The molecule has 0 aliphatic heterocycles. The molecule has 0 fully saturated rings. The molecule has 4 nitrogen and oxygen atoms in total. The first kappa shape index (κ1) is 16.2. The van der Waals surface area contributed by atoms with Gasteiger partial charge in [-0.25, -0.2) is 0 Å². The Morgan fingerprint density at radius 2 is 1.80 bits per heavy atom. The third kappa shape index (κ3) is 5.03. The van der Waals surface area contributed by atoms with E-state index in [1.165, 1.54) is 0 Å². The zero-order chi connectivity index (χ0) is 15.1. The van der Waals surface area contributed by atoms with Crippen molar-refractivity contribution < 1.29 is 14.7 Å². The molecular formula is C16H23NO3. The Bertz CT molecular complexity index is 453. The maximum absolute atomic E-state index is 12.0. The van der Waals surface area contributed by atoms with Gasteiger partial charge in [0.25, 0.3) is 0 Å². The lowest BCUT2D eigenvalue weighted by atomic mass is 9.93. The van der Waals surface area contributed by atoms with Crippen LogP contribution in [-0.4, -0.2) is 17.0 Å². The molecule has 0 radical (unpaired) electrons. The van der Waals surface area contributed by atoms with Crippen molar-refractivity contribution in [3.8, 4) is 0 Å². The third-order valence-corrected chi connectivity index (χ3v) is 3.76. The van der Waals surface area contributed by atoms with Crippen LogP contribution >= 0.6 is 0 Å². The summed E-state index contributed by atoms with van der Waals surface area (Å²) in [6.45, 7) is 6.08. The summed E-state index contributed by atoms with van der Waals surface area (Å²) in [7, 11) is 0. The highest BCUT2D eigenvalue weighted by atomic mass is 16.4. The predicted octanol–water partition coefficient (Wildman–Crippen LogP) is 3.32. The van der Waals surface area contributed by atoms with Gasteiger partial charge in [-0.3, -0.25) is 9.59 Å². The smallest absolute Gasteiger partial charge is 0.303 e. The molecule has 1 aromatic carbocycles. The van der Waals surface area contributed by atoms with Gasteiger partial charge in [-0.15, -0.1) is 0 Å². The van der Waals surface area contributed by atoms with Gasteiger partial charge in [0.2, 0.25) is 5.91 Å². The number of carbonyl (C=O) groups is 2. The number of rotatable bonds is 7. The molecule has 1 aromatic rings. The van der Waals surface area contributed by atoms with Crippen LogP contribution in [0.15, 0.2) is 24.3 Å². The minimum Gasteiger partial charge on any atom is -0.481 e. The summed E-state index contributed by atoms with van der Waals surface area (Å²) in [5, 5.41) is 11.5. The number of anilines is 1. The van der Waals surface area contributed by atoms with Gasteiger partial charge in [-0.1, -0.05) is 39.3 Å². The van der Waals surface area contributed by atoms with E-state index in [4.69, 9.17) is 5.11 Å². The molecule has 0 saturated heterocycles. The Hall–Kier alpha value is -1.84. The van der Waals surface area contributed by atoms with Crippen LogP contribution in [0.1, 0.15) is 39.2 Å². The average Bonchev–Trinajstić information content (AvgIpc) is 2.44. The summed E-state index contributed by atoms with van der Waals surface area (Å²) < 4.78 is 0. The predicted molar refractivity (Wildman–Crippen MR) is 79.6 cm³/mol. The number of aryl methyl sites for hydroxylation is 1. The fourth-order valence-electron chi connectivity index (χ4n) is 1.87. The first-order valence-corrected chi connectivity index (χ1v) is 7.05. The molecule has 0 aliphatic carbocycles. The average molecular weight is 277 g/mol. The lowest BCUT2D eigenvalue weighted by Crippen LogP contribution is -2.25. The molecule has 0 aromatic heterocycles. The van der Waals surface area contributed by atoms with Crippen molar-refractivity contribution in [1.29, 1.82) is 0 Å². The van der Waals surface area contributed by atoms with Crippen molar-refractivity contribution in [2.45, 2.75) is 40.0 Å². The summed E-state index contributed by atoms with van der Waals surface area (Å²) in [5.74, 6) is -0.445. The molecule has 2 atom stereocenters. The van der Waals surface area contributed by atoms with Gasteiger partial charge in [0, 0.05) is 18.0 Å². The van der Waals surface area contributed by atoms with Crippen LogP contribution in [0.3, 0.4) is 0 Å². The van der Waals surface area contributed by atoms with E-state index in [0.717, 1.165) is 17.7 Å². The second-order valence-electron chi connectivity index (χ2n) is 5.25. The maximum Gasteiger partial charge on any atom is 0.303 e. The Morgan fingerprint density at radius 1 is 1.20 bits per heavy atom. The first-order chi connectivity index (χ1) is 9.43. The quantitative estimate of drug-likeness (QED) is 0.803. The van der Waals surface area contributed by atoms with E-state index < -0.39 is 5.97 Å². The molecule has 0 spiro atoms. The standard InChI is InChI=1S/C16H23NO3/c1-4-11(2)12(3)16(20)17-14-8-5-13(6-9-14)7-10-15(18)19/h5-6,8-9,11-12H,4,7,10H2,1-3H3,(H,17,20)(H,18,19). The van der Waals surface area contributed by atoms with Gasteiger partial charge < -0.3 is 10.4 Å². The Balaban J connectivity index is 2.56. The highest BCUT2D eigenvalue weighted by Gasteiger charge is 2.18. The topological polar surface area (TPSA) is 66.4 Å². The number of carboxylic acids is 1. The zero-order valence-corrected chi connectivity index (χ0v) is 12.3. The van der Waals surface area contributed by atoms with Gasteiger partial charge in [0.05, 0.1) is 0 Å². The number of carbonyl (C=O) groups excluding carboxylic acids is 1. The van der Waals surface area contributed by atoms with Crippen molar-refractivity contribution in [2.75, 3.05) is 5.32 Å². The van der Waals surface area contributed by atoms with Crippen LogP contribution in [0.4, 0.5) is 5.69 Å². The van der Waals surface area contributed by atoms with Crippen LogP contribution in [0.25, 0.3) is 0 Å². The van der Waals surface area contributed by atoms with Crippen molar-refractivity contribution in [3.05, 3.63) is 29.8 Å². The minimum absolute atomic E-state index is 0.0216. The van der Waals surface area contributed by atoms with Crippen LogP contribution in [-0.2, 0) is 16.0 Å². The highest BCUT2D eigenvalue weighted by molar-refractivity contribution is 5.92. The van der Waals surface area contributed by atoms with Crippen molar-refractivity contribution >= 4 is 17.6 Å². The number of carboxylic acid groups (broad SMARTS) is 1. The van der Waals surface area contributed by atoms with Gasteiger partial charge in [0.15, 0.2) is 0 Å². The normalized spacial score (nSPS) is 13.6. The van der Waals surface area contributed by atoms with Crippen molar-refractivity contribution in [1.82, 2.24) is 0 Å². The summed E-state index contributed by atoms with van der Waals surface area (Å²) in [6.07, 6.45) is 1.60. The summed E-state index contributed by atoms with van der Waals surface area (Å²) in [6, 6.07) is 7.34. The molecule has 1 rings (SSSR count). The molecule has 0 bridgehead atoms. The second-order valence-corrected chi connectivity index (χ2v) is 5.25.